The Hall–Kier alpha value is -2.34. The highest BCUT2D eigenvalue weighted by Gasteiger charge is 2.29. The summed E-state index contributed by atoms with van der Waals surface area (Å²) in [5.74, 6) is -0.0728. The molecule has 1 aliphatic heterocycles. The van der Waals surface area contributed by atoms with Crippen molar-refractivity contribution >= 4 is 21.7 Å². The zero-order valence-corrected chi connectivity index (χ0v) is 15.0. The lowest BCUT2D eigenvalue weighted by Gasteiger charge is -2.25. The fraction of sp³-hybridized carbons (Fsp3) is 0.278. The average Bonchev–Trinajstić information content (AvgIpc) is 2.45. The number of rotatable bonds is 2. The van der Waals surface area contributed by atoms with Gasteiger partial charge in [-0.25, -0.2) is 0 Å². The smallest absolute Gasteiger partial charge is 0.287 e. The van der Waals surface area contributed by atoms with Crippen LogP contribution in [-0.2, 0) is 10.0 Å². The molecule has 0 aromatic heterocycles. The number of sulfonamides is 1. The fourth-order valence-corrected chi connectivity index (χ4v) is 4.46. The Balaban J connectivity index is 2.23. The monoisotopic (exact) mass is 343 g/mol. The molecule has 0 spiro atoms. The first kappa shape index (κ1) is 16.5. The van der Waals surface area contributed by atoms with Crippen LogP contribution in [0.1, 0.15) is 40.7 Å². The van der Waals surface area contributed by atoms with Crippen molar-refractivity contribution in [3.63, 3.8) is 0 Å². The first-order chi connectivity index (χ1) is 11.2. The third-order valence-electron chi connectivity index (χ3n) is 4.50. The van der Waals surface area contributed by atoms with E-state index in [0.29, 0.717) is 5.69 Å². The van der Waals surface area contributed by atoms with Gasteiger partial charge in [-0.1, -0.05) is 36.8 Å². The fourth-order valence-electron chi connectivity index (χ4n) is 3.40. The van der Waals surface area contributed by atoms with E-state index in [2.05, 4.69) is 48.7 Å². The molecule has 0 bridgehead atoms. The Labute approximate surface area is 142 Å². The SMILES string of the molecule is Cc1ccc([C@H](C)c2c(C)ccc3c2NC(N)=NS3(=O)=O)c(C)c1. The van der Waals surface area contributed by atoms with Crippen molar-refractivity contribution in [2.45, 2.75) is 38.5 Å². The number of nitrogens with one attached hydrogen (secondary N) is 1. The maximum Gasteiger partial charge on any atom is 0.287 e. The zero-order chi connectivity index (χ0) is 17.6. The molecule has 3 N–H and O–H groups in total. The lowest BCUT2D eigenvalue weighted by atomic mass is 9.86. The standard InChI is InChI=1S/C18H21N3O2S/c1-10-5-7-14(12(3)9-10)13(4)16-11(2)6-8-15-17(16)20-18(19)21-24(15,22)23/h5-9,13H,1-4H3,(H3,19,20,21)/t13-/m0/s1. The van der Waals surface area contributed by atoms with E-state index >= 15 is 0 Å². The van der Waals surface area contributed by atoms with Gasteiger partial charge in [0.15, 0.2) is 0 Å². The number of aryl methyl sites for hydroxylation is 3. The van der Waals surface area contributed by atoms with Crippen LogP contribution in [0.25, 0.3) is 0 Å². The molecule has 1 atom stereocenters. The minimum atomic E-state index is -3.76. The minimum Gasteiger partial charge on any atom is -0.369 e. The summed E-state index contributed by atoms with van der Waals surface area (Å²) in [6.07, 6.45) is 0. The van der Waals surface area contributed by atoms with Gasteiger partial charge in [0, 0.05) is 5.92 Å². The van der Waals surface area contributed by atoms with Gasteiger partial charge >= 0.3 is 0 Å². The van der Waals surface area contributed by atoms with Crippen LogP contribution in [-0.4, -0.2) is 14.4 Å². The van der Waals surface area contributed by atoms with E-state index in [0.717, 1.165) is 16.7 Å². The van der Waals surface area contributed by atoms with Gasteiger partial charge in [0.05, 0.1) is 5.69 Å². The highest BCUT2D eigenvalue weighted by atomic mass is 32.2. The molecule has 0 saturated carbocycles. The van der Waals surface area contributed by atoms with Gasteiger partial charge in [-0.2, -0.15) is 8.42 Å². The third-order valence-corrected chi connectivity index (χ3v) is 5.83. The zero-order valence-electron chi connectivity index (χ0n) is 14.2. The Morgan fingerprint density at radius 3 is 2.46 bits per heavy atom. The van der Waals surface area contributed by atoms with Gasteiger partial charge in [0.2, 0.25) is 5.96 Å². The molecule has 3 rings (SSSR count). The highest BCUT2D eigenvalue weighted by molar-refractivity contribution is 7.90. The lowest BCUT2D eigenvalue weighted by Crippen LogP contribution is -2.30. The molecule has 1 aliphatic rings. The van der Waals surface area contributed by atoms with Crippen LogP contribution in [0.5, 0.6) is 0 Å². The Morgan fingerprint density at radius 1 is 1.08 bits per heavy atom. The topological polar surface area (TPSA) is 84.5 Å². The number of fused-ring (bicyclic) bond motifs is 1. The van der Waals surface area contributed by atoms with Gasteiger partial charge in [0.1, 0.15) is 4.90 Å². The second-order valence-electron chi connectivity index (χ2n) is 6.33. The number of hydrogen-bond acceptors (Lipinski definition) is 4. The van der Waals surface area contributed by atoms with Crippen LogP contribution in [0.3, 0.4) is 0 Å². The van der Waals surface area contributed by atoms with Gasteiger partial charge < -0.3 is 11.1 Å². The van der Waals surface area contributed by atoms with E-state index < -0.39 is 10.0 Å². The largest absolute Gasteiger partial charge is 0.369 e. The van der Waals surface area contributed by atoms with Crippen LogP contribution in [0, 0.1) is 20.8 Å². The predicted molar refractivity (Wildman–Crippen MR) is 97.0 cm³/mol. The normalized spacial score (nSPS) is 16.8. The molecule has 0 fully saturated rings. The Bertz CT molecular complexity index is 962. The number of benzene rings is 2. The molecule has 2 aromatic rings. The molecule has 0 saturated heterocycles. The van der Waals surface area contributed by atoms with Crippen LogP contribution in [0.15, 0.2) is 39.6 Å². The van der Waals surface area contributed by atoms with Crippen molar-refractivity contribution in [2.24, 2.45) is 10.1 Å². The quantitative estimate of drug-likeness (QED) is 0.877. The van der Waals surface area contributed by atoms with E-state index in [1.54, 1.807) is 6.07 Å². The first-order valence-corrected chi connectivity index (χ1v) is 9.23. The highest BCUT2D eigenvalue weighted by Crippen LogP contribution is 2.39. The molecule has 126 valence electrons. The third kappa shape index (κ3) is 2.67. The van der Waals surface area contributed by atoms with Crippen LogP contribution < -0.4 is 11.1 Å². The van der Waals surface area contributed by atoms with E-state index in [1.807, 2.05) is 13.0 Å². The van der Waals surface area contributed by atoms with Gasteiger partial charge in [-0.3, -0.25) is 0 Å². The number of nitrogens with two attached hydrogens (primary N) is 1. The molecular formula is C18H21N3O2S. The first-order valence-electron chi connectivity index (χ1n) is 7.79. The summed E-state index contributed by atoms with van der Waals surface area (Å²) >= 11 is 0. The maximum absolute atomic E-state index is 12.3. The molecule has 0 unspecified atom stereocenters. The van der Waals surface area contributed by atoms with Crippen molar-refractivity contribution in [3.8, 4) is 0 Å². The summed E-state index contributed by atoms with van der Waals surface area (Å²) in [7, 11) is -3.76. The lowest BCUT2D eigenvalue weighted by molar-refractivity contribution is 0.597. The van der Waals surface area contributed by atoms with Crippen molar-refractivity contribution in [1.82, 2.24) is 0 Å². The van der Waals surface area contributed by atoms with Crippen molar-refractivity contribution in [2.75, 3.05) is 5.32 Å². The molecule has 24 heavy (non-hydrogen) atoms. The summed E-state index contributed by atoms with van der Waals surface area (Å²) in [5, 5.41) is 2.96. The number of guanidine groups is 1. The van der Waals surface area contributed by atoms with Gasteiger partial charge in [-0.15, -0.1) is 4.40 Å². The van der Waals surface area contributed by atoms with E-state index in [-0.39, 0.29) is 16.8 Å². The molecule has 5 nitrogen and oxygen atoms in total. The summed E-state index contributed by atoms with van der Waals surface area (Å²) in [4.78, 5) is 0.175. The van der Waals surface area contributed by atoms with E-state index in [4.69, 9.17) is 5.73 Å². The maximum atomic E-state index is 12.3. The minimum absolute atomic E-state index is 0.0224. The second kappa shape index (κ2) is 5.63. The van der Waals surface area contributed by atoms with Crippen LogP contribution >= 0.6 is 0 Å². The second-order valence-corrected chi connectivity index (χ2v) is 7.90. The Morgan fingerprint density at radius 2 is 1.79 bits per heavy atom. The molecular weight excluding hydrogens is 322 g/mol. The molecule has 1 heterocycles. The van der Waals surface area contributed by atoms with Gasteiger partial charge in [-0.05, 0) is 49.1 Å². The molecule has 0 amide bonds. The molecule has 2 aromatic carbocycles. The number of anilines is 1. The average molecular weight is 343 g/mol. The molecule has 0 radical (unpaired) electrons. The Kier molecular flexibility index (Phi) is 3.87. The number of nitrogens with zero attached hydrogens (tertiary/aromatic N) is 1. The van der Waals surface area contributed by atoms with E-state index in [1.165, 1.54) is 11.1 Å². The van der Waals surface area contributed by atoms with E-state index in [9.17, 15) is 8.42 Å². The summed E-state index contributed by atoms with van der Waals surface area (Å²) in [5.41, 5.74) is 11.7. The summed E-state index contributed by atoms with van der Waals surface area (Å²) in [6, 6.07) is 9.72. The molecule has 0 aliphatic carbocycles. The summed E-state index contributed by atoms with van der Waals surface area (Å²) < 4.78 is 28.2. The van der Waals surface area contributed by atoms with Crippen molar-refractivity contribution < 1.29 is 8.42 Å². The van der Waals surface area contributed by atoms with Crippen molar-refractivity contribution in [1.29, 1.82) is 0 Å². The van der Waals surface area contributed by atoms with Crippen LogP contribution in [0.4, 0.5) is 5.69 Å². The van der Waals surface area contributed by atoms with Crippen LogP contribution in [0.2, 0.25) is 0 Å². The van der Waals surface area contributed by atoms with Gasteiger partial charge in [0.25, 0.3) is 10.0 Å². The van der Waals surface area contributed by atoms with Crippen molar-refractivity contribution in [3.05, 3.63) is 58.1 Å². The molecule has 6 heteroatoms. The predicted octanol–water partition coefficient (Wildman–Crippen LogP) is 3.19. The summed E-state index contributed by atoms with van der Waals surface area (Å²) in [6.45, 7) is 8.19. The number of hydrogen-bond donors (Lipinski definition) is 2.